The number of carboxylic acid groups (broad SMARTS) is 1. The van der Waals surface area contributed by atoms with E-state index in [1.54, 1.807) is 6.26 Å². The van der Waals surface area contributed by atoms with Crippen LogP contribution in [-0.4, -0.2) is 17.1 Å². The number of fused-ring (bicyclic) bond motifs is 3. The number of carbonyl (C=O) groups is 1. The van der Waals surface area contributed by atoms with Crippen molar-refractivity contribution in [1.29, 1.82) is 0 Å². The van der Waals surface area contributed by atoms with Crippen molar-refractivity contribution in [2.45, 2.75) is 43.1 Å². The van der Waals surface area contributed by atoms with Gasteiger partial charge in [0.25, 0.3) is 0 Å². The Morgan fingerprint density at radius 1 is 1.06 bits per heavy atom. The summed E-state index contributed by atoms with van der Waals surface area (Å²) in [5, 5.41) is 15.4. The van der Waals surface area contributed by atoms with Crippen LogP contribution in [0.5, 0.6) is 0 Å². The van der Waals surface area contributed by atoms with Gasteiger partial charge in [0.2, 0.25) is 0 Å². The molecule has 1 spiro atoms. The summed E-state index contributed by atoms with van der Waals surface area (Å²) in [6.07, 6.45) is 4.93. The van der Waals surface area contributed by atoms with Gasteiger partial charge in [0.1, 0.15) is 5.58 Å². The summed E-state index contributed by atoms with van der Waals surface area (Å²) in [5.41, 5.74) is 5.66. The zero-order chi connectivity index (χ0) is 23.3. The fourth-order valence-electron chi connectivity index (χ4n) is 6.48. The van der Waals surface area contributed by atoms with Gasteiger partial charge in [0.05, 0.1) is 12.2 Å². The fourth-order valence-corrected chi connectivity index (χ4v) is 6.67. The molecule has 2 aliphatic rings. The number of hydrogen-bond acceptors (Lipinski definition) is 3. The SMILES string of the molecule is O=C(O)[C@H]1CC[C@]2(CC1Nc1cccc(Cl)c1)c1ccccc1C[C@H]2c1ccc2occc2c1. The number of aliphatic carboxylic acids is 1. The lowest BCUT2D eigenvalue weighted by molar-refractivity contribution is -0.143. The van der Waals surface area contributed by atoms with E-state index < -0.39 is 11.9 Å². The topological polar surface area (TPSA) is 62.5 Å². The van der Waals surface area contributed by atoms with Crippen LogP contribution in [0.3, 0.4) is 0 Å². The van der Waals surface area contributed by atoms with Crippen molar-refractivity contribution >= 4 is 34.2 Å². The van der Waals surface area contributed by atoms with Crippen molar-refractivity contribution in [3.05, 3.63) is 101 Å². The molecule has 1 saturated carbocycles. The summed E-state index contributed by atoms with van der Waals surface area (Å²) in [5.74, 6) is -0.908. The lowest BCUT2D eigenvalue weighted by atomic mass is 9.60. The van der Waals surface area contributed by atoms with Gasteiger partial charge >= 0.3 is 5.97 Å². The normalized spacial score (nSPS) is 26.0. The van der Waals surface area contributed by atoms with E-state index in [1.165, 1.54) is 16.7 Å². The molecule has 4 atom stereocenters. The molecule has 4 nitrogen and oxygen atoms in total. The van der Waals surface area contributed by atoms with Gasteiger partial charge in [-0.1, -0.05) is 48.0 Å². The maximum Gasteiger partial charge on any atom is 0.308 e. The zero-order valence-electron chi connectivity index (χ0n) is 18.7. The molecule has 0 amide bonds. The summed E-state index contributed by atoms with van der Waals surface area (Å²) in [6.45, 7) is 0. The highest BCUT2D eigenvalue weighted by atomic mass is 35.5. The Morgan fingerprint density at radius 2 is 1.94 bits per heavy atom. The standard InChI is InChI=1S/C29H26ClNO3/c30-21-5-3-6-22(16-21)31-26-17-29(12-10-23(26)28(32)33)24-7-2-1-4-18(24)15-25(29)19-8-9-27-20(14-19)11-13-34-27/h1-9,11,13-14,16,23,25-26,31H,10,12,15,17H2,(H,32,33)/t23-,25-,26?,29-/m0/s1. The van der Waals surface area contributed by atoms with Crippen molar-refractivity contribution in [3.8, 4) is 0 Å². The van der Waals surface area contributed by atoms with Gasteiger partial charge in [-0.05, 0) is 84.7 Å². The second kappa shape index (κ2) is 8.21. The average Bonchev–Trinajstić information content (AvgIpc) is 3.42. The first-order valence-electron chi connectivity index (χ1n) is 11.8. The van der Waals surface area contributed by atoms with Crippen LogP contribution in [0.25, 0.3) is 11.0 Å². The van der Waals surface area contributed by atoms with Crippen molar-refractivity contribution in [2.75, 3.05) is 5.32 Å². The number of benzene rings is 3. The number of nitrogens with one attached hydrogen (secondary N) is 1. The minimum absolute atomic E-state index is 0.129. The minimum Gasteiger partial charge on any atom is -0.481 e. The van der Waals surface area contributed by atoms with E-state index in [-0.39, 0.29) is 17.4 Å². The highest BCUT2D eigenvalue weighted by Crippen LogP contribution is 2.57. The van der Waals surface area contributed by atoms with Gasteiger partial charge in [0, 0.05) is 27.6 Å². The van der Waals surface area contributed by atoms with E-state index in [4.69, 9.17) is 16.0 Å². The fraction of sp³-hybridized carbons (Fsp3) is 0.276. The van der Waals surface area contributed by atoms with E-state index in [2.05, 4.69) is 47.8 Å². The molecular weight excluding hydrogens is 446 g/mol. The van der Waals surface area contributed by atoms with Gasteiger partial charge < -0.3 is 14.8 Å². The summed E-state index contributed by atoms with van der Waals surface area (Å²) < 4.78 is 5.58. The summed E-state index contributed by atoms with van der Waals surface area (Å²) in [4.78, 5) is 12.3. The Bertz CT molecular complexity index is 1380. The maximum atomic E-state index is 12.3. The number of furan rings is 1. The average molecular weight is 472 g/mol. The molecule has 2 N–H and O–H groups in total. The van der Waals surface area contributed by atoms with Crippen LogP contribution in [0, 0.1) is 5.92 Å². The molecule has 0 bridgehead atoms. The van der Waals surface area contributed by atoms with Crippen molar-refractivity contribution in [1.82, 2.24) is 0 Å². The van der Waals surface area contributed by atoms with Crippen LogP contribution >= 0.6 is 11.6 Å². The molecule has 0 aliphatic heterocycles. The molecule has 0 radical (unpaired) electrons. The van der Waals surface area contributed by atoms with E-state index >= 15 is 0 Å². The molecule has 172 valence electrons. The van der Waals surface area contributed by atoms with Gasteiger partial charge in [-0.15, -0.1) is 0 Å². The highest BCUT2D eigenvalue weighted by molar-refractivity contribution is 6.30. The van der Waals surface area contributed by atoms with Crippen molar-refractivity contribution < 1.29 is 14.3 Å². The van der Waals surface area contributed by atoms with Crippen LogP contribution in [0.1, 0.15) is 41.9 Å². The Kier molecular flexibility index (Phi) is 5.14. The molecule has 1 heterocycles. The van der Waals surface area contributed by atoms with Gasteiger partial charge in [-0.3, -0.25) is 4.79 Å². The lowest BCUT2D eigenvalue weighted by Crippen LogP contribution is -2.47. The Balaban J connectivity index is 1.43. The second-order valence-corrected chi connectivity index (χ2v) is 10.2. The number of halogens is 1. The summed E-state index contributed by atoms with van der Waals surface area (Å²) in [7, 11) is 0. The van der Waals surface area contributed by atoms with E-state index in [0.717, 1.165) is 35.9 Å². The number of rotatable bonds is 4. The minimum atomic E-state index is -0.739. The smallest absolute Gasteiger partial charge is 0.308 e. The molecule has 0 saturated heterocycles. The molecule has 1 unspecified atom stereocenters. The van der Waals surface area contributed by atoms with Crippen LogP contribution in [-0.2, 0) is 16.6 Å². The molecule has 1 aromatic heterocycles. The zero-order valence-corrected chi connectivity index (χ0v) is 19.5. The second-order valence-electron chi connectivity index (χ2n) is 9.74. The van der Waals surface area contributed by atoms with Gasteiger partial charge in [-0.2, -0.15) is 0 Å². The third kappa shape index (κ3) is 3.48. The van der Waals surface area contributed by atoms with Gasteiger partial charge in [0.15, 0.2) is 0 Å². The maximum absolute atomic E-state index is 12.3. The van der Waals surface area contributed by atoms with E-state index in [9.17, 15) is 9.90 Å². The third-order valence-electron chi connectivity index (χ3n) is 7.99. The Hall–Kier alpha value is -3.24. The highest BCUT2D eigenvalue weighted by Gasteiger charge is 2.52. The van der Waals surface area contributed by atoms with Crippen molar-refractivity contribution in [3.63, 3.8) is 0 Å². The van der Waals surface area contributed by atoms with Gasteiger partial charge in [-0.25, -0.2) is 0 Å². The molecule has 3 aromatic carbocycles. The first-order chi connectivity index (χ1) is 16.5. The molecule has 5 heteroatoms. The van der Waals surface area contributed by atoms with E-state index in [0.29, 0.717) is 11.4 Å². The van der Waals surface area contributed by atoms with Crippen LogP contribution in [0.15, 0.2) is 83.5 Å². The van der Waals surface area contributed by atoms with E-state index in [1.807, 2.05) is 30.3 Å². The van der Waals surface area contributed by atoms with Crippen LogP contribution in [0.4, 0.5) is 5.69 Å². The number of anilines is 1. The first-order valence-corrected chi connectivity index (χ1v) is 12.2. The Labute approximate surface area is 203 Å². The molecule has 34 heavy (non-hydrogen) atoms. The first kappa shape index (κ1) is 21.3. The molecule has 1 fully saturated rings. The quantitative estimate of drug-likeness (QED) is 0.335. The molecule has 4 aromatic rings. The van der Waals surface area contributed by atoms with Crippen molar-refractivity contribution in [2.24, 2.45) is 5.92 Å². The molecule has 6 rings (SSSR count). The largest absolute Gasteiger partial charge is 0.481 e. The summed E-state index contributed by atoms with van der Waals surface area (Å²) in [6, 6.07) is 24.6. The molecule has 2 aliphatic carbocycles. The van der Waals surface area contributed by atoms with Crippen LogP contribution in [0.2, 0.25) is 5.02 Å². The number of hydrogen-bond donors (Lipinski definition) is 2. The Morgan fingerprint density at radius 3 is 2.79 bits per heavy atom. The lowest BCUT2D eigenvalue weighted by Gasteiger charge is -2.46. The van der Waals surface area contributed by atoms with Crippen LogP contribution < -0.4 is 5.32 Å². The predicted octanol–water partition coefficient (Wildman–Crippen LogP) is 7.03. The summed E-state index contributed by atoms with van der Waals surface area (Å²) >= 11 is 6.23. The number of carboxylic acids is 1. The monoisotopic (exact) mass is 471 g/mol. The molecular formula is C29H26ClNO3. The predicted molar refractivity (Wildman–Crippen MR) is 135 cm³/mol. The third-order valence-corrected chi connectivity index (χ3v) is 8.22.